The van der Waals surface area contributed by atoms with Crippen LogP contribution in [-0.4, -0.2) is 41.3 Å². The first-order chi connectivity index (χ1) is 14.8. The SMILES string of the molecule is O=C(CSc1nc(-c2ccccc2)cs1)N1CCC[C@H]1c1ccc2c(c1)OCCO2. The molecule has 3 aromatic rings. The zero-order valence-electron chi connectivity index (χ0n) is 16.5. The number of hydrogen-bond acceptors (Lipinski definition) is 6. The van der Waals surface area contributed by atoms with Crippen molar-refractivity contribution in [2.45, 2.75) is 23.2 Å². The van der Waals surface area contributed by atoms with Gasteiger partial charge in [0.2, 0.25) is 5.91 Å². The number of aromatic nitrogens is 1. The second kappa shape index (κ2) is 8.70. The largest absolute Gasteiger partial charge is 0.486 e. The van der Waals surface area contributed by atoms with Crippen LogP contribution in [0.25, 0.3) is 11.3 Å². The summed E-state index contributed by atoms with van der Waals surface area (Å²) in [6, 6.07) is 16.3. The number of carbonyl (C=O) groups excluding carboxylic acids is 1. The van der Waals surface area contributed by atoms with Gasteiger partial charge in [-0.2, -0.15) is 0 Å². The summed E-state index contributed by atoms with van der Waals surface area (Å²) in [5, 5.41) is 2.05. The molecule has 2 aliphatic rings. The lowest BCUT2D eigenvalue weighted by Gasteiger charge is -2.26. The summed E-state index contributed by atoms with van der Waals surface area (Å²) in [5.74, 6) is 2.13. The number of rotatable bonds is 5. The van der Waals surface area contributed by atoms with Crippen LogP contribution in [0.15, 0.2) is 58.3 Å². The zero-order valence-corrected chi connectivity index (χ0v) is 18.1. The second-order valence-corrected chi connectivity index (χ2v) is 9.38. The second-order valence-electron chi connectivity index (χ2n) is 7.30. The van der Waals surface area contributed by atoms with E-state index >= 15 is 0 Å². The first kappa shape index (κ1) is 19.5. The summed E-state index contributed by atoms with van der Waals surface area (Å²) < 4.78 is 12.3. The third kappa shape index (κ3) is 4.04. The van der Waals surface area contributed by atoms with Crippen molar-refractivity contribution in [3.8, 4) is 22.8 Å². The molecule has 1 atom stereocenters. The quantitative estimate of drug-likeness (QED) is 0.523. The van der Waals surface area contributed by atoms with Crippen molar-refractivity contribution in [3.63, 3.8) is 0 Å². The predicted octanol–water partition coefficient (Wildman–Crippen LogP) is 5.04. The van der Waals surface area contributed by atoms with Gasteiger partial charge in [0.25, 0.3) is 0 Å². The highest BCUT2D eigenvalue weighted by Crippen LogP contribution is 2.38. The maximum absolute atomic E-state index is 13.0. The van der Waals surface area contributed by atoms with Gasteiger partial charge in [-0.1, -0.05) is 48.2 Å². The van der Waals surface area contributed by atoms with Crippen molar-refractivity contribution < 1.29 is 14.3 Å². The van der Waals surface area contributed by atoms with E-state index < -0.39 is 0 Å². The number of benzene rings is 2. The van der Waals surface area contributed by atoms with Gasteiger partial charge >= 0.3 is 0 Å². The van der Waals surface area contributed by atoms with Crippen LogP contribution in [-0.2, 0) is 4.79 Å². The Morgan fingerprint density at radius 3 is 2.83 bits per heavy atom. The molecule has 2 aliphatic heterocycles. The molecule has 2 aromatic carbocycles. The van der Waals surface area contributed by atoms with E-state index in [0.717, 1.165) is 52.0 Å². The fourth-order valence-corrected chi connectivity index (χ4v) is 5.67. The van der Waals surface area contributed by atoms with E-state index in [1.54, 1.807) is 11.3 Å². The molecule has 1 amide bonds. The number of amides is 1. The van der Waals surface area contributed by atoms with Gasteiger partial charge in [-0.25, -0.2) is 4.98 Å². The number of nitrogens with zero attached hydrogens (tertiary/aromatic N) is 2. The first-order valence-corrected chi connectivity index (χ1v) is 12.0. The number of hydrogen-bond donors (Lipinski definition) is 0. The molecule has 5 rings (SSSR count). The van der Waals surface area contributed by atoms with Gasteiger partial charge in [0.1, 0.15) is 13.2 Å². The van der Waals surface area contributed by atoms with Crippen molar-refractivity contribution in [3.05, 3.63) is 59.5 Å². The first-order valence-electron chi connectivity index (χ1n) is 10.1. The molecule has 0 bridgehead atoms. The molecule has 0 unspecified atom stereocenters. The van der Waals surface area contributed by atoms with Crippen LogP contribution in [0.5, 0.6) is 11.5 Å². The van der Waals surface area contributed by atoms with Crippen LogP contribution < -0.4 is 9.47 Å². The topological polar surface area (TPSA) is 51.7 Å². The van der Waals surface area contributed by atoms with Crippen molar-refractivity contribution >= 4 is 29.0 Å². The van der Waals surface area contributed by atoms with E-state index in [1.807, 2.05) is 35.2 Å². The smallest absolute Gasteiger partial charge is 0.233 e. The fourth-order valence-electron chi connectivity index (χ4n) is 3.95. The van der Waals surface area contributed by atoms with Crippen LogP contribution in [0.3, 0.4) is 0 Å². The van der Waals surface area contributed by atoms with Gasteiger partial charge < -0.3 is 14.4 Å². The van der Waals surface area contributed by atoms with E-state index in [4.69, 9.17) is 9.47 Å². The Bertz CT molecular complexity index is 1040. The Labute approximate surface area is 184 Å². The Morgan fingerprint density at radius 2 is 1.97 bits per heavy atom. The van der Waals surface area contributed by atoms with Crippen molar-refractivity contribution in [1.82, 2.24) is 9.88 Å². The average molecular weight is 439 g/mol. The fraction of sp³-hybridized carbons (Fsp3) is 0.304. The number of carbonyl (C=O) groups is 1. The summed E-state index contributed by atoms with van der Waals surface area (Å²) in [6.07, 6.45) is 2.00. The molecule has 0 N–H and O–H groups in total. The third-order valence-corrected chi connectivity index (χ3v) is 7.40. The molecule has 154 valence electrons. The summed E-state index contributed by atoms with van der Waals surface area (Å²) >= 11 is 3.11. The molecule has 7 heteroatoms. The molecule has 0 radical (unpaired) electrons. The lowest BCUT2D eigenvalue weighted by Crippen LogP contribution is -2.32. The van der Waals surface area contributed by atoms with Gasteiger partial charge in [-0.15, -0.1) is 11.3 Å². The summed E-state index contributed by atoms with van der Waals surface area (Å²) in [5.41, 5.74) is 3.19. The summed E-state index contributed by atoms with van der Waals surface area (Å²) in [6.45, 7) is 1.95. The molecule has 5 nitrogen and oxygen atoms in total. The minimum absolute atomic E-state index is 0.102. The highest BCUT2D eigenvalue weighted by atomic mass is 32.2. The average Bonchev–Trinajstić information content (AvgIpc) is 3.48. The Kier molecular flexibility index (Phi) is 5.64. The van der Waals surface area contributed by atoms with Gasteiger partial charge in [0.15, 0.2) is 15.8 Å². The highest BCUT2D eigenvalue weighted by molar-refractivity contribution is 8.01. The van der Waals surface area contributed by atoms with Crippen LogP contribution in [0.4, 0.5) is 0 Å². The minimum atomic E-state index is 0.102. The monoisotopic (exact) mass is 438 g/mol. The molecule has 0 saturated carbocycles. The van der Waals surface area contributed by atoms with Gasteiger partial charge in [-0.05, 0) is 30.5 Å². The Balaban J connectivity index is 1.24. The van der Waals surface area contributed by atoms with E-state index in [9.17, 15) is 4.79 Å². The third-order valence-electron chi connectivity index (χ3n) is 5.40. The van der Waals surface area contributed by atoms with E-state index in [-0.39, 0.29) is 11.9 Å². The predicted molar refractivity (Wildman–Crippen MR) is 119 cm³/mol. The standard InChI is InChI=1S/C23H22N2O3S2/c26-22(15-30-23-24-18(14-29-23)16-5-2-1-3-6-16)25-10-4-7-19(25)17-8-9-20-21(13-17)28-12-11-27-20/h1-3,5-6,8-9,13-14,19H,4,7,10-12,15H2/t19-/m0/s1. The number of likely N-dealkylation sites (tertiary alicyclic amines) is 1. The minimum Gasteiger partial charge on any atom is -0.486 e. The van der Waals surface area contributed by atoms with Crippen LogP contribution in [0.2, 0.25) is 0 Å². The van der Waals surface area contributed by atoms with Crippen molar-refractivity contribution in [2.24, 2.45) is 0 Å². The lowest BCUT2D eigenvalue weighted by atomic mass is 10.0. The van der Waals surface area contributed by atoms with E-state index in [1.165, 1.54) is 11.8 Å². The van der Waals surface area contributed by atoms with Gasteiger partial charge in [-0.3, -0.25) is 4.79 Å². The maximum Gasteiger partial charge on any atom is 0.233 e. The van der Waals surface area contributed by atoms with E-state index in [2.05, 4.69) is 28.6 Å². The van der Waals surface area contributed by atoms with E-state index in [0.29, 0.717) is 19.0 Å². The number of ether oxygens (including phenoxy) is 2. The molecule has 1 aromatic heterocycles. The zero-order chi connectivity index (χ0) is 20.3. The molecule has 30 heavy (non-hydrogen) atoms. The lowest BCUT2D eigenvalue weighted by molar-refractivity contribution is -0.129. The highest BCUT2D eigenvalue weighted by Gasteiger charge is 2.31. The van der Waals surface area contributed by atoms with Crippen LogP contribution in [0, 0.1) is 0 Å². The van der Waals surface area contributed by atoms with Crippen molar-refractivity contribution in [2.75, 3.05) is 25.5 Å². The maximum atomic E-state index is 13.0. The molecule has 3 heterocycles. The Morgan fingerprint density at radius 1 is 1.13 bits per heavy atom. The normalized spacial score (nSPS) is 17.9. The molecule has 0 spiro atoms. The molecule has 0 aliphatic carbocycles. The molecular formula is C23H22N2O3S2. The molecule has 1 saturated heterocycles. The Hall–Kier alpha value is -2.51. The summed E-state index contributed by atoms with van der Waals surface area (Å²) in [7, 11) is 0. The summed E-state index contributed by atoms with van der Waals surface area (Å²) in [4.78, 5) is 19.7. The molecular weight excluding hydrogens is 416 g/mol. The van der Waals surface area contributed by atoms with Crippen LogP contribution >= 0.6 is 23.1 Å². The number of thioether (sulfide) groups is 1. The van der Waals surface area contributed by atoms with Gasteiger partial charge in [0, 0.05) is 17.5 Å². The van der Waals surface area contributed by atoms with Gasteiger partial charge in [0.05, 0.1) is 17.5 Å². The number of thiazole rings is 1. The number of fused-ring (bicyclic) bond motifs is 1. The molecule has 1 fully saturated rings. The van der Waals surface area contributed by atoms with Crippen molar-refractivity contribution in [1.29, 1.82) is 0 Å². The van der Waals surface area contributed by atoms with Crippen LogP contribution in [0.1, 0.15) is 24.4 Å².